The predicted molar refractivity (Wildman–Crippen MR) is 87.0 cm³/mol. The Balaban J connectivity index is 1.87. The molecule has 2 rings (SSSR count). The van der Waals surface area contributed by atoms with Crippen molar-refractivity contribution >= 4 is 17.1 Å². The molecule has 2 atom stereocenters. The number of hydrogen-bond acceptors (Lipinski definition) is 4. The number of rotatable bonds is 7. The van der Waals surface area contributed by atoms with Crippen molar-refractivity contribution in [2.24, 2.45) is 4.99 Å². The van der Waals surface area contributed by atoms with Crippen LogP contribution in [0.25, 0.3) is 10.9 Å². The van der Waals surface area contributed by atoms with Crippen molar-refractivity contribution in [2.45, 2.75) is 25.5 Å². The van der Waals surface area contributed by atoms with Gasteiger partial charge in [-0.3, -0.25) is 15.1 Å². The van der Waals surface area contributed by atoms with Crippen molar-refractivity contribution in [1.29, 1.82) is 0 Å². The number of fused-ring (bicyclic) bond motifs is 1. The van der Waals surface area contributed by atoms with Gasteiger partial charge in [-0.2, -0.15) is 0 Å². The van der Waals surface area contributed by atoms with Crippen molar-refractivity contribution in [3.05, 3.63) is 58.3 Å². The van der Waals surface area contributed by atoms with Gasteiger partial charge in [0.1, 0.15) is 6.10 Å². The lowest BCUT2D eigenvalue weighted by Crippen LogP contribution is -2.29. The van der Waals surface area contributed by atoms with E-state index in [9.17, 15) is 15.2 Å². The number of nitrogens with zero attached hydrogens (tertiary/aromatic N) is 2. The van der Waals surface area contributed by atoms with Crippen LogP contribution in [0.4, 0.5) is 0 Å². The van der Waals surface area contributed by atoms with Crippen molar-refractivity contribution in [1.82, 2.24) is 4.98 Å². The first-order valence-electron chi connectivity index (χ1n) is 7.12. The summed E-state index contributed by atoms with van der Waals surface area (Å²) in [7, 11) is 0. The lowest BCUT2D eigenvalue weighted by Gasteiger charge is -2.06. The fourth-order valence-electron chi connectivity index (χ4n) is 2.23. The number of hydrogen-bond donors (Lipinski definition) is 2. The molecule has 2 N–H and O–H groups in total. The highest BCUT2D eigenvalue weighted by Crippen LogP contribution is 2.17. The fraction of sp³-hybridized carbons (Fsp3) is 0.312. The van der Waals surface area contributed by atoms with E-state index >= 15 is 0 Å². The minimum atomic E-state index is -1.10. The quantitative estimate of drug-likeness (QED) is 0.467. The Morgan fingerprint density at radius 3 is 2.95 bits per heavy atom. The Morgan fingerprint density at radius 1 is 1.45 bits per heavy atom. The lowest BCUT2D eigenvalue weighted by atomic mass is 10.1. The van der Waals surface area contributed by atoms with Gasteiger partial charge in [-0.15, -0.1) is 0 Å². The second kappa shape index (κ2) is 7.51. The molecule has 1 aromatic carbocycles. The maximum atomic E-state index is 10.7. The molecule has 0 saturated carbocycles. The summed E-state index contributed by atoms with van der Waals surface area (Å²) in [6, 6.07) is 6.98. The van der Waals surface area contributed by atoms with E-state index in [0.717, 1.165) is 11.9 Å². The molecule has 1 aromatic heterocycles. The molecule has 0 spiro atoms. The summed E-state index contributed by atoms with van der Waals surface area (Å²) in [6.07, 6.45) is 6.14. The van der Waals surface area contributed by atoms with E-state index in [4.69, 9.17) is 0 Å². The maximum Gasteiger partial charge on any atom is 0.256 e. The number of aliphatic imine (C=N–C) groups is 1. The van der Waals surface area contributed by atoms with Gasteiger partial charge in [0, 0.05) is 34.8 Å². The van der Waals surface area contributed by atoms with Crippen LogP contribution in [0.15, 0.2) is 47.6 Å². The molecule has 0 fully saturated rings. The van der Waals surface area contributed by atoms with Crippen LogP contribution in [0.2, 0.25) is 0 Å². The van der Waals surface area contributed by atoms with Gasteiger partial charge in [-0.05, 0) is 37.1 Å². The Hall–Kier alpha value is -2.47. The van der Waals surface area contributed by atoms with Gasteiger partial charge in [0.25, 0.3) is 6.04 Å². The van der Waals surface area contributed by atoms with Crippen LogP contribution in [0.3, 0.4) is 0 Å². The van der Waals surface area contributed by atoms with E-state index in [2.05, 4.69) is 16.0 Å². The van der Waals surface area contributed by atoms with Gasteiger partial charge >= 0.3 is 0 Å². The summed E-state index contributed by atoms with van der Waals surface area (Å²) in [5.74, 6) is 0. The van der Waals surface area contributed by atoms with E-state index in [-0.39, 0.29) is 0 Å². The van der Waals surface area contributed by atoms with E-state index in [1.807, 2.05) is 24.4 Å². The third-order valence-electron chi connectivity index (χ3n) is 3.42. The molecule has 0 aliphatic carbocycles. The SMILES string of the molecule is CC(O)C(/C=C/C=NCCc1c[nH]c2ccccc12)[N+](=O)[O-]. The topological polar surface area (TPSA) is 91.5 Å². The summed E-state index contributed by atoms with van der Waals surface area (Å²) in [5.41, 5.74) is 2.30. The van der Waals surface area contributed by atoms with Crippen LogP contribution in [0.5, 0.6) is 0 Å². The summed E-state index contributed by atoms with van der Waals surface area (Å²) in [5, 5.41) is 21.1. The van der Waals surface area contributed by atoms with Crippen LogP contribution in [0.1, 0.15) is 12.5 Å². The van der Waals surface area contributed by atoms with Crippen molar-refractivity contribution in [2.75, 3.05) is 6.54 Å². The zero-order chi connectivity index (χ0) is 15.9. The molecule has 0 bridgehead atoms. The molecular formula is C16H19N3O3. The monoisotopic (exact) mass is 301 g/mol. The highest BCUT2D eigenvalue weighted by atomic mass is 16.6. The Bertz CT molecular complexity index is 689. The highest BCUT2D eigenvalue weighted by Gasteiger charge is 2.21. The molecule has 0 aliphatic rings. The molecule has 6 nitrogen and oxygen atoms in total. The number of nitro groups is 1. The molecule has 22 heavy (non-hydrogen) atoms. The first-order chi connectivity index (χ1) is 10.6. The first-order valence-corrected chi connectivity index (χ1v) is 7.12. The summed E-state index contributed by atoms with van der Waals surface area (Å²) < 4.78 is 0. The maximum absolute atomic E-state index is 10.7. The van der Waals surface area contributed by atoms with Crippen molar-refractivity contribution in [3.8, 4) is 0 Å². The number of aromatic amines is 1. The Morgan fingerprint density at radius 2 is 2.23 bits per heavy atom. The zero-order valence-electron chi connectivity index (χ0n) is 12.3. The average molecular weight is 301 g/mol. The number of benzene rings is 1. The largest absolute Gasteiger partial charge is 0.386 e. The van der Waals surface area contributed by atoms with Crippen LogP contribution < -0.4 is 0 Å². The molecule has 116 valence electrons. The van der Waals surface area contributed by atoms with Gasteiger partial charge in [0.2, 0.25) is 0 Å². The summed E-state index contributed by atoms with van der Waals surface area (Å²) in [4.78, 5) is 17.6. The minimum absolute atomic E-state index is 0.513. The standard InChI is InChI=1S/C16H19N3O3/c1-12(20)16(19(21)22)7-4-9-17-10-8-13-11-18-15-6-3-2-5-14(13)15/h2-7,9,11-12,16,18,20H,8,10H2,1H3/b7-4+,17-9?. The highest BCUT2D eigenvalue weighted by molar-refractivity contribution is 5.83. The number of aliphatic hydroxyl groups is 1. The smallest absolute Gasteiger partial charge is 0.256 e. The number of H-pyrrole nitrogens is 1. The molecule has 2 unspecified atom stereocenters. The number of para-hydroxylation sites is 1. The predicted octanol–water partition coefficient (Wildman–Crippen LogP) is 2.36. The molecule has 0 amide bonds. The van der Waals surface area contributed by atoms with Crippen molar-refractivity contribution in [3.63, 3.8) is 0 Å². The molecule has 0 aliphatic heterocycles. The molecule has 1 heterocycles. The number of nitrogens with one attached hydrogen (secondary N) is 1. The summed E-state index contributed by atoms with van der Waals surface area (Å²) >= 11 is 0. The van der Waals surface area contributed by atoms with Gasteiger partial charge in [-0.25, -0.2) is 0 Å². The van der Waals surface area contributed by atoms with Gasteiger partial charge < -0.3 is 10.1 Å². The number of aliphatic hydroxyl groups excluding tert-OH is 1. The third-order valence-corrected chi connectivity index (χ3v) is 3.42. The molecule has 0 saturated heterocycles. The zero-order valence-corrected chi connectivity index (χ0v) is 12.3. The van der Waals surface area contributed by atoms with Gasteiger partial charge in [0.05, 0.1) is 0 Å². The molecule has 0 radical (unpaired) electrons. The normalized spacial score (nSPS) is 14.8. The average Bonchev–Trinajstić information content (AvgIpc) is 2.89. The minimum Gasteiger partial charge on any atom is -0.386 e. The second-order valence-electron chi connectivity index (χ2n) is 5.07. The second-order valence-corrected chi connectivity index (χ2v) is 5.07. The van der Waals surface area contributed by atoms with Crippen LogP contribution in [-0.4, -0.2) is 39.9 Å². The number of aromatic nitrogens is 1. The van der Waals surface area contributed by atoms with Gasteiger partial charge in [0.15, 0.2) is 0 Å². The van der Waals surface area contributed by atoms with E-state index < -0.39 is 17.1 Å². The number of allylic oxidation sites excluding steroid dienone is 1. The van der Waals surface area contributed by atoms with Crippen molar-refractivity contribution < 1.29 is 10.0 Å². The van der Waals surface area contributed by atoms with Gasteiger partial charge in [-0.1, -0.05) is 18.2 Å². The van der Waals surface area contributed by atoms with E-state index in [1.165, 1.54) is 36.2 Å². The van der Waals surface area contributed by atoms with Crippen LogP contribution in [0, 0.1) is 10.1 Å². The third kappa shape index (κ3) is 4.02. The molecular weight excluding hydrogens is 282 g/mol. The Labute approximate surface area is 128 Å². The molecule has 2 aromatic rings. The van der Waals surface area contributed by atoms with Crippen LogP contribution >= 0.6 is 0 Å². The first kappa shape index (κ1) is 15.9. The lowest BCUT2D eigenvalue weighted by molar-refractivity contribution is -0.519. The Kier molecular flexibility index (Phi) is 5.43. The van der Waals surface area contributed by atoms with E-state index in [0.29, 0.717) is 6.54 Å². The van der Waals surface area contributed by atoms with Crippen LogP contribution in [-0.2, 0) is 6.42 Å². The van der Waals surface area contributed by atoms with E-state index in [1.54, 1.807) is 0 Å². The molecule has 6 heteroatoms. The fourth-order valence-corrected chi connectivity index (χ4v) is 2.23. The summed E-state index contributed by atoms with van der Waals surface area (Å²) in [6.45, 7) is 2.00.